The summed E-state index contributed by atoms with van der Waals surface area (Å²) in [6.45, 7) is 0. The van der Waals surface area contributed by atoms with Crippen LogP contribution in [-0.4, -0.2) is 15.0 Å². The molecule has 0 amide bonds. The molecule has 120 valence electrons. The number of furan rings is 1. The maximum atomic E-state index is 13.4. The van der Waals surface area contributed by atoms with E-state index < -0.39 is 0 Å². The molecule has 0 aliphatic carbocycles. The van der Waals surface area contributed by atoms with E-state index in [-0.39, 0.29) is 5.82 Å². The number of nitrogens with one attached hydrogen (secondary N) is 1. The molecule has 0 bridgehead atoms. The molecule has 0 saturated carbocycles. The first kappa shape index (κ1) is 13.9. The van der Waals surface area contributed by atoms with Gasteiger partial charge in [0, 0.05) is 0 Å². The Kier molecular flexibility index (Phi) is 2.90. The van der Waals surface area contributed by atoms with Gasteiger partial charge < -0.3 is 4.42 Å². The fraction of sp³-hybridized carbons (Fsp3) is 0. The van der Waals surface area contributed by atoms with Gasteiger partial charge in [0.25, 0.3) is 11.5 Å². The standard InChI is InChI=1S/C19H11FN4O/c20-12-7-9-13(10-8-12)24-18(16-6-3-11-25-16)23-17-19(24)22-15-5-2-1-4-14(15)21-17/h1-11H/p+1. The molecule has 3 aromatic heterocycles. The molecule has 25 heavy (non-hydrogen) atoms. The lowest BCUT2D eigenvalue weighted by atomic mass is 10.3. The van der Waals surface area contributed by atoms with Crippen molar-refractivity contribution in [3.8, 4) is 17.3 Å². The van der Waals surface area contributed by atoms with Gasteiger partial charge in [0.1, 0.15) is 17.0 Å². The first-order chi connectivity index (χ1) is 12.3. The van der Waals surface area contributed by atoms with Crippen molar-refractivity contribution >= 4 is 22.3 Å². The lowest BCUT2D eigenvalue weighted by molar-refractivity contribution is -0.557. The highest BCUT2D eigenvalue weighted by molar-refractivity contribution is 5.82. The Morgan fingerprint density at radius 1 is 0.880 bits per heavy atom. The minimum atomic E-state index is -0.291. The summed E-state index contributed by atoms with van der Waals surface area (Å²) >= 11 is 0. The highest BCUT2D eigenvalue weighted by atomic mass is 19.1. The molecule has 5 nitrogen and oxygen atoms in total. The van der Waals surface area contributed by atoms with E-state index in [1.54, 1.807) is 18.4 Å². The smallest absolute Gasteiger partial charge is 0.328 e. The molecule has 5 rings (SSSR count). The molecular weight excluding hydrogens is 319 g/mol. The summed E-state index contributed by atoms with van der Waals surface area (Å²) in [6.07, 6.45) is 1.60. The number of imidazole rings is 1. The predicted octanol–water partition coefficient (Wildman–Crippen LogP) is 3.79. The highest BCUT2D eigenvalue weighted by Crippen LogP contribution is 2.21. The Morgan fingerprint density at radius 2 is 1.64 bits per heavy atom. The molecule has 5 aromatic rings. The molecule has 0 fully saturated rings. The van der Waals surface area contributed by atoms with Crippen molar-refractivity contribution in [3.63, 3.8) is 0 Å². The third kappa shape index (κ3) is 2.19. The fourth-order valence-corrected chi connectivity index (χ4v) is 2.93. The first-order valence-electron chi connectivity index (χ1n) is 7.80. The van der Waals surface area contributed by atoms with Crippen molar-refractivity contribution in [2.45, 2.75) is 0 Å². The number of hydrogen-bond acceptors (Lipinski definition) is 3. The Hall–Kier alpha value is -3.54. The summed E-state index contributed by atoms with van der Waals surface area (Å²) < 4.78 is 20.8. The lowest BCUT2D eigenvalue weighted by Crippen LogP contribution is -2.32. The molecule has 0 aliphatic rings. The molecule has 0 radical (unpaired) electrons. The summed E-state index contributed by atoms with van der Waals surface area (Å²) in [5, 5.41) is 0. The van der Waals surface area contributed by atoms with Gasteiger partial charge in [-0.25, -0.2) is 14.4 Å². The zero-order valence-electron chi connectivity index (χ0n) is 13.0. The average Bonchev–Trinajstić information content (AvgIpc) is 3.28. The number of H-pyrrole nitrogens is 1. The molecule has 0 saturated heterocycles. The van der Waals surface area contributed by atoms with Crippen LogP contribution in [0.25, 0.3) is 39.6 Å². The van der Waals surface area contributed by atoms with Gasteiger partial charge in [-0.15, -0.1) is 0 Å². The first-order valence-corrected chi connectivity index (χ1v) is 7.80. The van der Waals surface area contributed by atoms with Crippen LogP contribution in [-0.2, 0) is 0 Å². The van der Waals surface area contributed by atoms with Gasteiger partial charge in [0.15, 0.2) is 11.3 Å². The van der Waals surface area contributed by atoms with Crippen LogP contribution in [0.15, 0.2) is 71.3 Å². The summed E-state index contributed by atoms with van der Waals surface area (Å²) in [4.78, 5) is 12.7. The van der Waals surface area contributed by atoms with E-state index in [4.69, 9.17) is 9.40 Å². The van der Waals surface area contributed by atoms with Crippen LogP contribution < -0.4 is 4.57 Å². The van der Waals surface area contributed by atoms with Crippen molar-refractivity contribution < 1.29 is 13.4 Å². The predicted molar refractivity (Wildman–Crippen MR) is 90.6 cm³/mol. The van der Waals surface area contributed by atoms with E-state index in [1.165, 1.54) is 12.1 Å². The third-order valence-electron chi connectivity index (χ3n) is 4.06. The molecule has 0 aliphatic heterocycles. The quantitative estimate of drug-likeness (QED) is 0.501. The molecule has 2 aromatic carbocycles. The van der Waals surface area contributed by atoms with Crippen LogP contribution in [0.1, 0.15) is 0 Å². The van der Waals surface area contributed by atoms with Crippen LogP contribution >= 0.6 is 0 Å². The Labute approximate surface area is 141 Å². The number of nitrogens with zero attached hydrogens (tertiary/aromatic N) is 3. The maximum absolute atomic E-state index is 13.4. The normalized spacial score (nSPS) is 11.4. The van der Waals surface area contributed by atoms with Crippen LogP contribution in [0.5, 0.6) is 0 Å². The zero-order chi connectivity index (χ0) is 16.8. The zero-order valence-corrected chi connectivity index (χ0v) is 13.0. The number of aromatic amines is 1. The van der Waals surface area contributed by atoms with E-state index in [1.807, 2.05) is 41.0 Å². The second kappa shape index (κ2) is 5.24. The number of benzene rings is 2. The van der Waals surface area contributed by atoms with Crippen molar-refractivity contribution in [2.24, 2.45) is 0 Å². The topological polar surface area (TPSA) is 58.6 Å². The SMILES string of the molecule is Fc1ccc(-[n+]2c(-c3ccco3)[nH]c3nc4ccccc4nc32)cc1. The van der Waals surface area contributed by atoms with E-state index >= 15 is 0 Å². The van der Waals surface area contributed by atoms with Crippen molar-refractivity contribution in [1.82, 2.24) is 15.0 Å². The number of rotatable bonds is 2. The van der Waals surface area contributed by atoms with Crippen molar-refractivity contribution in [1.29, 1.82) is 0 Å². The van der Waals surface area contributed by atoms with Gasteiger partial charge in [0.2, 0.25) is 0 Å². The molecule has 3 heterocycles. The number of fused-ring (bicyclic) bond motifs is 2. The minimum Gasteiger partial charge on any atom is -0.458 e. The number of halogens is 1. The Morgan fingerprint density at radius 3 is 2.36 bits per heavy atom. The van der Waals surface area contributed by atoms with Gasteiger partial charge in [0.05, 0.1) is 6.26 Å². The molecule has 1 N–H and O–H groups in total. The van der Waals surface area contributed by atoms with E-state index in [2.05, 4.69) is 9.97 Å². The van der Waals surface area contributed by atoms with E-state index in [0.717, 1.165) is 16.7 Å². The van der Waals surface area contributed by atoms with Crippen LogP contribution in [0.4, 0.5) is 4.39 Å². The Balaban J connectivity index is 1.89. The fourth-order valence-electron chi connectivity index (χ4n) is 2.93. The van der Waals surface area contributed by atoms with E-state index in [0.29, 0.717) is 22.9 Å². The maximum Gasteiger partial charge on any atom is 0.328 e. The van der Waals surface area contributed by atoms with Crippen LogP contribution in [0.3, 0.4) is 0 Å². The summed E-state index contributed by atoms with van der Waals surface area (Å²) in [7, 11) is 0. The minimum absolute atomic E-state index is 0.291. The van der Waals surface area contributed by atoms with Crippen molar-refractivity contribution in [2.75, 3.05) is 0 Å². The van der Waals surface area contributed by atoms with Gasteiger partial charge >= 0.3 is 5.65 Å². The third-order valence-corrected chi connectivity index (χ3v) is 4.06. The van der Waals surface area contributed by atoms with Gasteiger partial charge in [-0.05, 0) is 48.5 Å². The summed E-state index contributed by atoms with van der Waals surface area (Å²) in [6, 6.07) is 17.6. The highest BCUT2D eigenvalue weighted by Gasteiger charge is 2.25. The molecule has 0 spiro atoms. The largest absolute Gasteiger partial charge is 0.458 e. The Bertz CT molecular complexity index is 1190. The number of aromatic nitrogens is 4. The number of hydrogen-bond donors (Lipinski definition) is 1. The summed E-state index contributed by atoms with van der Waals surface area (Å²) in [5.74, 6) is 1.05. The molecular formula is C19H12FN4O+. The molecule has 6 heteroatoms. The van der Waals surface area contributed by atoms with Gasteiger partial charge in [-0.3, -0.25) is 0 Å². The lowest BCUT2D eigenvalue weighted by Gasteiger charge is -2.01. The van der Waals surface area contributed by atoms with E-state index in [9.17, 15) is 4.39 Å². The summed E-state index contributed by atoms with van der Waals surface area (Å²) in [5.41, 5.74) is 3.64. The number of para-hydroxylation sites is 2. The van der Waals surface area contributed by atoms with Crippen molar-refractivity contribution in [3.05, 3.63) is 72.7 Å². The second-order valence-electron chi connectivity index (χ2n) is 5.65. The van der Waals surface area contributed by atoms with Gasteiger partial charge in [-0.1, -0.05) is 17.1 Å². The molecule has 0 atom stereocenters. The molecule has 0 unspecified atom stereocenters. The van der Waals surface area contributed by atoms with Crippen LogP contribution in [0.2, 0.25) is 0 Å². The van der Waals surface area contributed by atoms with Gasteiger partial charge in [-0.2, -0.15) is 4.57 Å². The monoisotopic (exact) mass is 331 g/mol. The van der Waals surface area contributed by atoms with Crippen LogP contribution in [0, 0.1) is 5.82 Å². The average molecular weight is 331 g/mol. The second-order valence-corrected chi connectivity index (χ2v) is 5.65.